The zero-order valence-electron chi connectivity index (χ0n) is 12.6. The fourth-order valence-electron chi connectivity index (χ4n) is 3.44. The fourth-order valence-corrected chi connectivity index (χ4v) is 3.44. The smallest absolute Gasteiger partial charge is 0.0252 e. The van der Waals surface area contributed by atoms with Crippen LogP contribution in [0.1, 0.15) is 65.7 Å². The summed E-state index contributed by atoms with van der Waals surface area (Å²) in [6, 6.07) is 1.98. The van der Waals surface area contributed by atoms with E-state index in [-0.39, 0.29) is 0 Å². The van der Waals surface area contributed by atoms with Gasteiger partial charge in [-0.15, -0.1) is 0 Å². The van der Waals surface area contributed by atoms with Gasteiger partial charge in [0.15, 0.2) is 0 Å². The van der Waals surface area contributed by atoms with E-state index in [0.717, 1.165) is 17.9 Å². The maximum atomic E-state index is 6.43. The third-order valence-electron chi connectivity index (χ3n) is 4.96. The van der Waals surface area contributed by atoms with Crippen LogP contribution in [0, 0.1) is 11.8 Å². The van der Waals surface area contributed by atoms with Crippen LogP contribution in [0.2, 0.25) is 0 Å². The van der Waals surface area contributed by atoms with Gasteiger partial charge in [0, 0.05) is 18.1 Å². The first-order chi connectivity index (χ1) is 8.61. The molecular weight excluding hydrogens is 220 g/mol. The van der Waals surface area contributed by atoms with E-state index >= 15 is 0 Å². The Hall–Kier alpha value is -0.0800. The van der Waals surface area contributed by atoms with Gasteiger partial charge >= 0.3 is 0 Å². The lowest BCUT2D eigenvalue weighted by Gasteiger charge is -2.42. The fraction of sp³-hybridized carbons (Fsp3) is 1.00. The van der Waals surface area contributed by atoms with E-state index < -0.39 is 0 Å². The van der Waals surface area contributed by atoms with Crippen molar-refractivity contribution in [2.24, 2.45) is 17.6 Å². The lowest BCUT2D eigenvalue weighted by molar-refractivity contribution is 0.0978. The zero-order valence-corrected chi connectivity index (χ0v) is 12.6. The lowest BCUT2D eigenvalue weighted by atomic mass is 9.80. The van der Waals surface area contributed by atoms with E-state index in [4.69, 9.17) is 5.73 Å². The van der Waals surface area contributed by atoms with Gasteiger partial charge in [-0.05, 0) is 56.9 Å². The van der Waals surface area contributed by atoms with E-state index in [1.165, 1.54) is 51.5 Å². The minimum Gasteiger partial charge on any atom is -0.326 e. The van der Waals surface area contributed by atoms with Crippen molar-refractivity contribution >= 4 is 0 Å². The molecule has 106 valence electrons. The molecule has 0 amide bonds. The first-order valence-corrected chi connectivity index (χ1v) is 8.13. The first kappa shape index (κ1) is 14.3. The molecule has 0 heterocycles. The summed E-state index contributed by atoms with van der Waals surface area (Å²) in [6.45, 7) is 8.28. The van der Waals surface area contributed by atoms with Gasteiger partial charge in [-0.1, -0.05) is 27.2 Å². The monoisotopic (exact) mass is 252 g/mol. The molecule has 2 heteroatoms. The van der Waals surface area contributed by atoms with E-state index in [0.29, 0.717) is 12.1 Å². The third kappa shape index (κ3) is 3.71. The maximum Gasteiger partial charge on any atom is 0.0252 e. The number of rotatable bonds is 6. The largest absolute Gasteiger partial charge is 0.326 e. The van der Waals surface area contributed by atoms with Gasteiger partial charge in [0.2, 0.25) is 0 Å². The van der Waals surface area contributed by atoms with Crippen molar-refractivity contribution < 1.29 is 0 Å². The second-order valence-electron chi connectivity index (χ2n) is 6.97. The topological polar surface area (TPSA) is 29.3 Å². The maximum absolute atomic E-state index is 6.43. The van der Waals surface area contributed by atoms with Crippen LogP contribution in [0.4, 0.5) is 0 Å². The quantitative estimate of drug-likeness (QED) is 0.785. The van der Waals surface area contributed by atoms with Gasteiger partial charge in [-0.2, -0.15) is 0 Å². The SMILES string of the molecule is CCC1CCC(N)C(N(CCC(C)C)C2CC2)C1. The van der Waals surface area contributed by atoms with Gasteiger partial charge in [0.25, 0.3) is 0 Å². The van der Waals surface area contributed by atoms with Crippen LogP contribution < -0.4 is 5.73 Å². The Morgan fingerprint density at radius 2 is 1.89 bits per heavy atom. The Labute approximate surface area is 113 Å². The molecule has 0 aromatic heterocycles. The molecule has 0 aromatic carbocycles. The van der Waals surface area contributed by atoms with Crippen molar-refractivity contribution in [2.45, 2.75) is 83.8 Å². The van der Waals surface area contributed by atoms with Gasteiger partial charge in [-0.25, -0.2) is 0 Å². The van der Waals surface area contributed by atoms with Gasteiger partial charge < -0.3 is 5.73 Å². The second kappa shape index (κ2) is 6.38. The lowest BCUT2D eigenvalue weighted by Crippen LogP contribution is -2.52. The number of nitrogens with two attached hydrogens (primary N) is 1. The van der Waals surface area contributed by atoms with Gasteiger partial charge in [-0.3, -0.25) is 4.90 Å². The summed E-state index contributed by atoms with van der Waals surface area (Å²) in [7, 11) is 0. The molecule has 18 heavy (non-hydrogen) atoms. The molecule has 2 N–H and O–H groups in total. The summed E-state index contributed by atoms with van der Waals surface area (Å²) >= 11 is 0. The average molecular weight is 252 g/mol. The minimum absolute atomic E-state index is 0.431. The highest BCUT2D eigenvalue weighted by atomic mass is 15.2. The second-order valence-corrected chi connectivity index (χ2v) is 6.97. The molecule has 3 atom stereocenters. The normalized spacial score (nSPS) is 33.3. The van der Waals surface area contributed by atoms with Gasteiger partial charge in [0.1, 0.15) is 0 Å². The predicted octanol–water partition coefficient (Wildman–Crippen LogP) is 3.40. The van der Waals surface area contributed by atoms with E-state index in [2.05, 4.69) is 25.7 Å². The highest BCUT2D eigenvalue weighted by Crippen LogP contribution is 2.36. The minimum atomic E-state index is 0.431. The molecule has 0 spiro atoms. The van der Waals surface area contributed by atoms with Crippen LogP contribution in [-0.4, -0.2) is 29.6 Å². The molecule has 0 bridgehead atoms. The molecule has 0 aromatic rings. The van der Waals surface area contributed by atoms with Crippen LogP contribution >= 0.6 is 0 Å². The van der Waals surface area contributed by atoms with Crippen LogP contribution in [0.15, 0.2) is 0 Å². The highest BCUT2D eigenvalue weighted by molar-refractivity contribution is 4.95. The molecule has 0 aliphatic heterocycles. The summed E-state index contributed by atoms with van der Waals surface area (Å²) in [5.41, 5.74) is 6.43. The Morgan fingerprint density at radius 3 is 2.44 bits per heavy atom. The highest BCUT2D eigenvalue weighted by Gasteiger charge is 2.38. The molecule has 0 radical (unpaired) electrons. The van der Waals surface area contributed by atoms with Crippen LogP contribution in [-0.2, 0) is 0 Å². The van der Waals surface area contributed by atoms with E-state index in [1.54, 1.807) is 0 Å². The standard InChI is InChI=1S/C16H32N2/c1-4-13-5-8-15(17)16(11-13)18(14-6-7-14)10-9-12(2)3/h12-16H,4-11,17H2,1-3H3. The summed E-state index contributed by atoms with van der Waals surface area (Å²) < 4.78 is 0. The summed E-state index contributed by atoms with van der Waals surface area (Å²) in [4.78, 5) is 2.78. The molecule has 2 saturated carbocycles. The Kier molecular flexibility index (Phi) is 5.08. The van der Waals surface area contributed by atoms with E-state index in [9.17, 15) is 0 Å². The summed E-state index contributed by atoms with van der Waals surface area (Å²) in [5.74, 6) is 1.74. The first-order valence-electron chi connectivity index (χ1n) is 8.13. The zero-order chi connectivity index (χ0) is 13.1. The van der Waals surface area contributed by atoms with Crippen LogP contribution in [0.3, 0.4) is 0 Å². The van der Waals surface area contributed by atoms with Crippen molar-refractivity contribution in [3.05, 3.63) is 0 Å². The summed E-state index contributed by atoms with van der Waals surface area (Å²) in [6.07, 6.45) is 9.45. The molecular formula is C16H32N2. The van der Waals surface area contributed by atoms with Crippen LogP contribution in [0.25, 0.3) is 0 Å². The Morgan fingerprint density at radius 1 is 1.17 bits per heavy atom. The molecule has 2 aliphatic carbocycles. The van der Waals surface area contributed by atoms with Crippen molar-refractivity contribution in [3.63, 3.8) is 0 Å². The number of hydrogen-bond donors (Lipinski definition) is 1. The number of nitrogens with zero attached hydrogens (tertiary/aromatic N) is 1. The summed E-state index contributed by atoms with van der Waals surface area (Å²) in [5, 5.41) is 0. The number of hydrogen-bond acceptors (Lipinski definition) is 2. The molecule has 0 saturated heterocycles. The molecule has 3 unspecified atom stereocenters. The molecule has 2 rings (SSSR count). The van der Waals surface area contributed by atoms with Gasteiger partial charge in [0.05, 0.1) is 0 Å². The molecule has 2 nitrogen and oxygen atoms in total. The van der Waals surface area contributed by atoms with Crippen molar-refractivity contribution in [2.75, 3.05) is 6.54 Å². The molecule has 2 fully saturated rings. The third-order valence-corrected chi connectivity index (χ3v) is 4.96. The molecule has 2 aliphatic rings. The Bertz CT molecular complexity index is 247. The van der Waals surface area contributed by atoms with Crippen LogP contribution in [0.5, 0.6) is 0 Å². The van der Waals surface area contributed by atoms with E-state index in [1.807, 2.05) is 0 Å². The van der Waals surface area contributed by atoms with Crippen molar-refractivity contribution in [3.8, 4) is 0 Å². The Balaban J connectivity index is 1.94. The van der Waals surface area contributed by atoms with Crippen molar-refractivity contribution in [1.82, 2.24) is 4.90 Å². The predicted molar refractivity (Wildman–Crippen MR) is 78.6 cm³/mol. The average Bonchev–Trinajstić information content (AvgIpc) is 3.15. The van der Waals surface area contributed by atoms with Crippen molar-refractivity contribution in [1.29, 1.82) is 0 Å².